The molecule has 0 aliphatic rings. The molecule has 0 saturated carbocycles. The molecule has 3 aromatic rings. The van der Waals surface area contributed by atoms with Crippen LogP contribution in [0.5, 0.6) is 5.75 Å². The van der Waals surface area contributed by atoms with Crippen LogP contribution in [0.15, 0.2) is 41.1 Å². The summed E-state index contributed by atoms with van der Waals surface area (Å²) in [4.78, 5) is 4.70. The minimum absolute atomic E-state index is 0.643. The van der Waals surface area contributed by atoms with E-state index < -0.39 is 0 Å². The summed E-state index contributed by atoms with van der Waals surface area (Å²) in [6.07, 6.45) is 1.73. The van der Waals surface area contributed by atoms with Gasteiger partial charge in [0.15, 0.2) is 5.16 Å². The van der Waals surface area contributed by atoms with Gasteiger partial charge in [-0.3, -0.25) is 0 Å². The third-order valence-corrected chi connectivity index (χ3v) is 5.31. The van der Waals surface area contributed by atoms with E-state index >= 15 is 0 Å². The molecule has 6 nitrogen and oxygen atoms in total. The van der Waals surface area contributed by atoms with Crippen molar-refractivity contribution in [2.75, 3.05) is 20.8 Å². The van der Waals surface area contributed by atoms with Crippen molar-refractivity contribution < 1.29 is 9.47 Å². The summed E-state index contributed by atoms with van der Waals surface area (Å²) in [7, 11) is 3.35. The minimum atomic E-state index is 0.643. The van der Waals surface area contributed by atoms with E-state index in [9.17, 15) is 0 Å². The van der Waals surface area contributed by atoms with E-state index in [-0.39, 0.29) is 0 Å². The zero-order valence-electron chi connectivity index (χ0n) is 13.5. The largest absolute Gasteiger partial charge is 0.497 e. The Morgan fingerprint density at radius 3 is 2.79 bits per heavy atom. The predicted molar refractivity (Wildman–Crippen MR) is 95.6 cm³/mol. The first kappa shape index (κ1) is 16.9. The molecule has 0 radical (unpaired) electrons. The topological polar surface area (TPSA) is 62.1 Å². The lowest BCUT2D eigenvalue weighted by molar-refractivity contribution is 0.184. The lowest BCUT2D eigenvalue weighted by atomic mass is 10.2. The first-order valence-electron chi connectivity index (χ1n) is 7.38. The lowest BCUT2D eigenvalue weighted by Crippen LogP contribution is -2.04. The molecule has 8 heteroatoms. The Bertz CT molecular complexity index is 770. The molecule has 0 N–H and O–H groups in total. The molecular formula is C16H18N4O2S2. The van der Waals surface area contributed by atoms with E-state index in [1.54, 1.807) is 43.6 Å². The van der Waals surface area contributed by atoms with Crippen molar-refractivity contribution in [2.24, 2.45) is 0 Å². The van der Waals surface area contributed by atoms with E-state index in [0.29, 0.717) is 6.61 Å². The van der Waals surface area contributed by atoms with Crippen molar-refractivity contribution in [3.63, 3.8) is 0 Å². The van der Waals surface area contributed by atoms with Crippen LogP contribution < -0.4 is 4.74 Å². The van der Waals surface area contributed by atoms with Crippen LogP contribution in [0.25, 0.3) is 10.6 Å². The molecule has 0 bridgehead atoms. The molecule has 24 heavy (non-hydrogen) atoms. The normalized spacial score (nSPS) is 10.9. The van der Waals surface area contributed by atoms with Gasteiger partial charge >= 0.3 is 0 Å². The van der Waals surface area contributed by atoms with Crippen LogP contribution in [0.4, 0.5) is 0 Å². The Kier molecular flexibility index (Phi) is 5.84. The van der Waals surface area contributed by atoms with Crippen LogP contribution in [0.1, 0.15) is 5.69 Å². The number of nitrogens with zero attached hydrogens (tertiary/aromatic N) is 4. The molecule has 2 heterocycles. The average molecular weight is 362 g/mol. The SMILES string of the molecule is COCCn1cnnc1SCc1csc(-c2ccc(OC)cc2)n1. The molecular weight excluding hydrogens is 344 g/mol. The van der Waals surface area contributed by atoms with Crippen LogP contribution in [0.3, 0.4) is 0 Å². The van der Waals surface area contributed by atoms with Gasteiger partial charge in [-0.1, -0.05) is 11.8 Å². The number of ether oxygens (including phenoxy) is 2. The second-order valence-electron chi connectivity index (χ2n) is 4.96. The molecule has 3 rings (SSSR count). The van der Waals surface area contributed by atoms with Gasteiger partial charge in [0.05, 0.1) is 19.4 Å². The smallest absolute Gasteiger partial charge is 0.191 e. The monoisotopic (exact) mass is 362 g/mol. The zero-order valence-corrected chi connectivity index (χ0v) is 15.1. The van der Waals surface area contributed by atoms with Gasteiger partial charge in [-0.15, -0.1) is 21.5 Å². The first-order valence-corrected chi connectivity index (χ1v) is 9.25. The first-order chi connectivity index (χ1) is 11.8. The van der Waals surface area contributed by atoms with Crippen molar-refractivity contribution in [1.82, 2.24) is 19.7 Å². The molecule has 0 saturated heterocycles. The highest BCUT2D eigenvalue weighted by atomic mass is 32.2. The van der Waals surface area contributed by atoms with Crippen LogP contribution >= 0.6 is 23.1 Å². The second kappa shape index (κ2) is 8.27. The number of aromatic nitrogens is 4. The number of benzene rings is 1. The molecule has 126 valence electrons. The average Bonchev–Trinajstić information content (AvgIpc) is 3.27. The van der Waals surface area contributed by atoms with Crippen molar-refractivity contribution in [3.05, 3.63) is 41.7 Å². The van der Waals surface area contributed by atoms with Crippen LogP contribution in [-0.4, -0.2) is 40.6 Å². The Labute approximate surface area is 148 Å². The van der Waals surface area contributed by atoms with Gasteiger partial charge < -0.3 is 14.0 Å². The predicted octanol–water partition coefficient (Wildman–Crippen LogP) is 3.35. The fourth-order valence-corrected chi connectivity index (χ4v) is 3.84. The van der Waals surface area contributed by atoms with Gasteiger partial charge in [-0.25, -0.2) is 4.98 Å². The van der Waals surface area contributed by atoms with Crippen molar-refractivity contribution >= 4 is 23.1 Å². The number of thioether (sulfide) groups is 1. The summed E-state index contributed by atoms with van der Waals surface area (Å²) in [6.45, 7) is 1.39. The summed E-state index contributed by atoms with van der Waals surface area (Å²) in [5.74, 6) is 1.61. The fraction of sp³-hybridized carbons (Fsp3) is 0.312. The van der Waals surface area contributed by atoms with E-state index in [2.05, 4.69) is 15.6 Å². The Hall–Kier alpha value is -1.90. The maximum atomic E-state index is 5.18. The third kappa shape index (κ3) is 4.14. The number of thiazole rings is 1. The zero-order chi connectivity index (χ0) is 16.8. The summed E-state index contributed by atoms with van der Waals surface area (Å²) < 4.78 is 12.3. The van der Waals surface area contributed by atoms with Gasteiger partial charge in [0.1, 0.15) is 17.1 Å². The molecule has 2 aromatic heterocycles. The molecule has 0 fully saturated rings. The highest BCUT2D eigenvalue weighted by Crippen LogP contribution is 2.28. The van der Waals surface area contributed by atoms with Gasteiger partial charge in [0.2, 0.25) is 0 Å². The Morgan fingerprint density at radius 2 is 2.04 bits per heavy atom. The Morgan fingerprint density at radius 1 is 1.21 bits per heavy atom. The minimum Gasteiger partial charge on any atom is -0.497 e. The lowest BCUT2D eigenvalue weighted by Gasteiger charge is -2.04. The highest BCUT2D eigenvalue weighted by molar-refractivity contribution is 7.98. The van der Waals surface area contributed by atoms with E-state index in [1.165, 1.54) is 0 Å². The molecule has 0 unspecified atom stereocenters. The van der Waals surface area contributed by atoms with Crippen LogP contribution in [0.2, 0.25) is 0 Å². The maximum absolute atomic E-state index is 5.18. The van der Waals surface area contributed by atoms with Crippen molar-refractivity contribution in [2.45, 2.75) is 17.5 Å². The van der Waals surface area contributed by atoms with Crippen molar-refractivity contribution in [1.29, 1.82) is 0 Å². The Balaban J connectivity index is 1.63. The highest BCUT2D eigenvalue weighted by Gasteiger charge is 2.09. The van der Waals surface area contributed by atoms with Gasteiger partial charge in [-0.05, 0) is 24.3 Å². The summed E-state index contributed by atoms with van der Waals surface area (Å²) in [5, 5.41) is 12.1. The van der Waals surface area contributed by atoms with E-state index in [1.807, 2.05) is 28.8 Å². The quantitative estimate of drug-likeness (QED) is 0.573. The molecule has 0 amide bonds. The second-order valence-corrected chi connectivity index (χ2v) is 6.76. The molecule has 1 aromatic carbocycles. The summed E-state index contributed by atoms with van der Waals surface area (Å²) in [6, 6.07) is 7.94. The maximum Gasteiger partial charge on any atom is 0.191 e. The molecule has 0 aliphatic heterocycles. The van der Waals surface area contributed by atoms with E-state index in [0.717, 1.165) is 39.5 Å². The van der Waals surface area contributed by atoms with Crippen LogP contribution in [-0.2, 0) is 17.0 Å². The van der Waals surface area contributed by atoms with Gasteiger partial charge in [0, 0.05) is 30.4 Å². The van der Waals surface area contributed by atoms with Gasteiger partial charge in [0.25, 0.3) is 0 Å². The third-order valence-electron chi connectivity index (χ3n) is 3.35. The molecule has 0 spiro atoms. The van der Waals surface area contributed by atoms with E-state index in [4.69, 9.17) is 14.5 Å². The number of rotatable bonds is 8. The fourth-order valence-electron chi connectivity index (χ4n) is 2.08. The van der Waals surface area contributed by atoms with Crippen molar-refractivity contribution in [3.8, 4) is 16.3 Å². The molecule has 0 aliphatic carbocycles. The standard InChI is InChI=1S/C16H18N4O2S2/c1-21-8-7-20-11-17-19-16(20)24-10-13-9-23-15(18-13)12-3-5-14(22-2)6-4-12/h3-6,9,11H,7-8,10H2,1-2H3. The number of methoxy groups -OCH3 is 2. The number of hydrogen-bond donors (Lipinski definition) is 0. The van der Waals surface area contributed by atoms with Crippen LogP contribution in [0, 0.1) is 0 Å². The van der Waals surface area contributed by atoms with Gasteiger partial charge in [-0.2, -0.15) is 0 Å². The molecule has 0 atom stereocenters. The summed E-state index contributed by atoms with van der Waals surface area (Å²) >= 11 is 3.27. The summed E-state index contributed by atoms with van der Waals surface area (Å²) in [5.41, 5.74) is 2.14. The number of hydrogen-bond acceptors (Lipinski definition) is 7.